The Balaban J connectivity index is 0.629. The van der Waals surface area contributed by atoms with E-state index in [-0.39, 0.29) is 35.9 Å². The molecule has 2 aliphatic carbocycles. The van der Waals surface area contributed by atoms with Crippen LogP contribution in [-0.2, 0) is 41.5 Å². The van der Waals surface area contributed by atoms with Gasteiger partial charge in [0.1, 0.15) is 24.2 Å². The molecule has 8 rings (SSSR count). The average molecular weight is 1020 g/mol. The Kier molecular flexibility index (Phi) is 21.3. The van der Waals surface area contributed by atoms with Crippen LogP contribution in [0.5, 0.6) is 5.75 Å². The molecule has 2 saturated carbocycles. The van der Waals surface area contributed by atoms with E-state index in [9.17, 15) is 9.59 Å². The van der Waals surface area contributed by atoms with Gasteiger partial charge in [-0.05, 0) is 119 Å². The molecular formula is C57H84N10O7. The summed E-state index contributed by atoms with van der Waals surface area (Å²) in [5.74, 6) is 3.26. The highest BCUT2D eigenvalue weighted by molar-refractivity contribution is 5.90. The molecule has 2 aromatic heterocycles. The van der Waals surface area contributed by atoms with Gasteiger partial charge in [0.25, 0.3) is 0 Å². The molecule has 4 atom stereocenters. The second-order valence-electron chi connectivity index (χ2n) is 20.9. The number of aromatic nitrogens is 4. The minimum Gasteiger partial charge on any atom is -0.491 e. The molecule has 2 aliphatic heterocycles. The van der Waals surface area contributed by atoms with Crippen molar-refractivity contribution < 1.29 is 33.3 Å². The third kappa shape index (κ3) is 15.9. The second kappa shape index (κ2) is 28.7. The lowest BCUT2D eigenvalue weighted by molar-refractivity contribution is -0.140. The molecule has 404 valence electrons. The van der Waals surface area contributed by atoms with Crippen molar-refractivity contribution in [1.82, 2.24) is 40.2 Å². The van der Waals surface area contributed by atoms with Gasteiger partial charge in [0.15, 0.2) is 0 Å². The van der Waals surface area contributed by atoms with Gasteiger partial charge in [0.05, 0.1) is 82.4 Å². The fourth-order valence-electron chi connectivity index (χ4n) is 11.2. The van der Waals surface area contributed by atoms with Gasteiger partial charge in [-0.25, -0.2) is 14.6 Å². The highest BCUT2D eigenvalue weighted by Crippen LogP contribution is 2.35. The lowest BCUT2D eigenvalue weighted by atomic mass is 9.83. The number of hydrogen-bond donors (Lipinski definition) is 3. The van der Waals surface area contributed by atoms with E-state index in [4.69, 9.17) is 33.8 Å². The number of benzene rings is 2. The van der Waals surface area contributed by atoms with Gasteiger partial charge in [0.2, 0.25) is 17.8 Å². The van der Waals surface area contributed by atoms with Crippen molar-refractivity contribution in [1.29, 1.82) is 0 Å². The molecule has 0 unspecified atom stereocenters. The van der Waals surface area contributed by atoms with Crippen molar-refractivity contribution in [2.75, 3.05) is 110 Å². The predicted octanol–water partition coefficient (Wildman–Crippen LogP) is 6.46. The van der Waals surface area contributed by atoms with Gasteiger partial charge in [-0.15, -0.1) is 0 Å². The highest BCUT2D eigenvalue weighted by atomic mass is 16.6. The summed E-state index contributed by atoms with van der Waals surface area (Å²) in [5, 5.41) is 14.5. The van der Waals surface area contributed by atoms with Crippen LogP contribution in [0.15, 0.2) is 73.1 Å². The number of nitrogens with zero attached hydrogens (tertiary/aromatic N) is 7. The summed E-state index contributed by atoms with van der Waals surface area (Å²) in [6.07, 6.45) is 16.4. The van der Waals surface area contributed by atoms with Crippen LogP contribution in [0.3, 0.4) is 0 Å². The molecule has 4 fully saturated rings. The number of rotatable bonds is 28. The summed E-state index contributed by atoms with van der Waals surface area (Å²) < 4.78 is 31.3. The monoisotopic (exact) mass is 1020 g/mol. The van der Waals surface area contributed by atoms with Gasteiger partial charge >= 0.3 is 0 Å². The van der Waals surface area contributed by atoms with Crippen LogP contribution in [0.2, 0.25) is 0 Å². The van der Waals surface area contributed by atoms with E-state index in [1.807, 2.05) is 62.4 Å². The first-order valence-electron chi connectivity index (χ1n) is 27.7. The summed E-state index contributed by atoms with van der Waals surface area (Å²) in [4.78, 5) is 43.4. The van der Waals surface area contributed by atoms with E-state index in [0.29, 0.717) is 77.3 Å². The molecule has 17 heteroatoms. The topological polar surface area (TPSA) is 170 Å². The molecule has 3 N–H and O–H groups in total. The number of amides is 2. The Bertz CT molecular complexity index is 2290. The smallest absolute Gasteiger partial charge is 0.245 e. The largest absolute Gasteiger partial charge is 0.491 e. The van der Waals surface area contributed by atoms with Crippen molar-refractivity contribution in [3.8, 4) is 17.0 Å². The summed E-state index contributed by atoms with van der Waals surface area (Å²) in [5.41, 5.74) is 4.28. The van der Waals surface area contributed by atoms with Crippen molar-refractivity contribution >= 4 is 23.6 Å². The molecule has 2 aromatic carbocycles. The van der Waals surface area contributed by atoms with Crippen molar-refractivity contribution in [2.24, 2.45) is 11.8 Å². The minimum absolute atomic E-state index is 0.0882. The first-order valence-corrected chi connectivity index (χ1v) is 27.7. The number of carbonyl (C=O) groups excluding carboxylic acids is 2. The summed E-state index contributed by atoms with van der Waals surface area (Å²) in [6.45, 7) is 10.3. The fraction of sp³-hybridized carbons (Fsp3) is 0.632. The Morgan fingerprint density at radius 1 is 0.784 bits per heavy atom. The fourth-order valence-corrected chi connectivity index (χ4v) is 11.2. The molecule has 4 aromatic rings. The minimum atomic E-state index is -0.433. The maximum atomic E-state index is 14.2. The summed E-state index contributed by atoms with van der Waals surface area (Å²) >= 11 is 0. The quantitative estimate of drug-likeness (QED) is 0.0530. The number of nitrogens with one attached hydrogen (secondary N) is 3. The van der Waals surface area contributed by atoms with E-state index in [2.05, 4.69) is 72.0 Å². The van der Waals surface area contributed by atoms with Crippen molar-refractivity contribution in [2.45, 2.75) is 121 Å². The zero-order valence-corrected chi connectivity index (χ0v) is 44.6. The average Bonchev–Trinajstić information content (AvgIpc) is 4.06. The van der Waals surface area contributed by atoms with Gasteiger partial charge in [-0.1, -0.05) is 61.7 Å². The molecule has 2 saturated heterocycles. The van der Waals surface area contributed by atoms with E-state index < -0.39 is 6.04 Å². The zero-order chi connectivity index (χ0) is 51.5. The standard InChI is InChI=1S/C57H84N10O7/c1-42(58-2)54(68)63-53(46-13-9-6-10-14-46)56(69)66-30-26-45-25-29-65(41-52(45)66)28-24-43-15-19-48(20-16-43)73-37-35-71-33-31-70-32-34-72-36-38-74-49-21-17-47(18-22-49)61-57-59-27-23-51(62-57)50-39-60-67(55(50)64(3)4)40-44-11-7-5-8-12-44/h5,7-8,11-12,15-16,19-20,23,27,39,42,45-47,49,52-53,58H,6,9-10,13-14,17-18,21-22,24-26,28-38,40-41H2,1-4H3,(H,63,68)(H,59,61,62)/t42-,45-,47-,49-,52-,53-/m0/s1. The van der Waals surface area contributed by atoms with Gasteiger partial charge in [0, 0.05) is 52.0 Å². The van der Waals surface area contributed by atoms with Crippen LogP contribution in [0.1, 0.15) is 88.7 Å². The molecule has 2 amide bonds. The van der Waals surface area contributed by atoms with Gasteiger partial charge < -0.3 is 54.3 Å². The molecule has 0 bridgehead atoms. The lowest BCUT2D eigenvalue weighted by Gasteiger charge is -2.41. The molecule has 17 nitrogen and oxygen atoms in total. The van der Waals surface area contributed by atoms with Crippen LogP contribution >= 0.6 is 0 Å². The van der Waals surface area contributed by atoms with Crippen LogP contribution < -0.4 is 25.6 Å². The number of carbonyl (C=O) groups is 2. The van der Waals surface area contributed by atoms with Crippen LogP contribution in [0.4, 0.5) is 11.8 Å². The Labute approximate surface area is 439 Å². The first-order chi connectivity index (χ1) is 36.2. The number of hydrogen-bond acceptors (Lipinski definition) is 14. The summed E-state index contributed by atoms with van der Waals surface area (Å²) in [7, 11) is 5.86. The SMILES string of the molecule is CN[C@@H](C)C(=O)N[C@H](C(=O)N1CC[C@@H]2CCN(CCc3ccc(OCCOCCOCCOCCO[C@H]4CC[C@H](Nc5nccc(-c6cnn(Cc7ccccc7)c6N(C)C)n5)CC4)cc3)C[C@@H]21)C1CCCCC1. The predicted molar refractivity (Wildman–Crippen MR) is 289 cm³/mol. The number of anilines is 2. The van der Waals surface area contributed by atoms with Crippen molar-refractivity contribution in [3.05, 3.63) is 84.2 Å². The van der Waals surface area contributed by atoms with Gasteiger partial charge in [-0.3, -0.25) is 9.59 Å². The number of piperidine rings is 1. The van der Waals surface area contributed by atoms with Gasteiger partial charge in [-0.2, -0.15) is 5.10 Å². The zero-order valence-electron chi connectivity index (χ0n) is 44.6. The van der Waals surface area contributed by atoms with Crippen LogP contribution in [-0.4, -0.2) is 172 Å². The number of fused-ring (bicyclic) bond motifs is 1. The molecular weight excluding hydrogens is 937 g/mol. The molecule has 4 aliphatic rings. The molecule has 0 spiro atoms. The van der Waals surface area contributed by atoms with E-state index in [0.717, 1.165) is 120 Å². The first kappa shape index (κ1) is 55.1. The number of likely N-dealkylation sites (tertiary alicyclic amines) is 2. The number of likely N-dealkylation sites (N-methyl/N-ethyl adjacent to an activating group) is 1. The Hall–Kier alpha value is -5.17. The molecule has 4 heterocycles. The maximum absolute atomic E-state index is 14.2. The molecule has 74 heavy (non-hydrogen) atoms. The van der Waals surface area contributed by atoms with Crippen LogP contribution in [0, 0.1) is 11.8 Å². The van der Waals surface area contributed by atoms with E-state index in [1.165, 1.54) is 17.5 Å². The maximum Gasteiger partial charge on any atom is 0.245 e. The van der Waals surface area contributed by atoms with E-state index >= 15 is 0 Å². The van der Waals surface area contributed by atoms with Crippen molar-refractivity contribution in [3.63, 3.8) is 0 Å². The normalized spacial score (nSPS) is 21.2. The number of ether oxygens (including phenoxy) is 5. The van der Waals surface area contributed by atoms with E-state index in [1.54, 1.807) is 7.05 Å². The summed E-state index contributed by atoms with van der Waals surface area (Å²) in [6, 6.07) is 20.4. The Morgan fingerprint density at radius 3 is 2.20 bits per heavy atom. The lowest BCUT2D eigenvalue weighted by Crippen LogP contribution is -2.58. The third-order valence-electron chi connectivity index (χ3n) is 15.6. The Morgan fingerprint density at radius 2 is 1.49 bits per heavy atom. The van der Waals surface area contributed by atoms with Crippen LogP contribution in [0.25, 0.3) is 11.3 Å². The highest BCUT2D eigenvalue weighted by Gasteiger charge is 2.44. The third-order valence-corrected chi connectivity index (χ3v) is 15.6. The molecule has 0 radical (unpaired) electrons. The second-order valence-corrected chi connectivity index (χ2v) is 20.9.